The SMILES string of the molecule is Cc1nc(-c2ccccc2)nc(SCc2ccc(F)cc2Cl)c1C(=O)O. The van der Waals surface area contributed by atoms with E-state index in [0.717, 1.165) is 5.56 Å². The quantitative estimate of drug-likeness (QED) is 0.478. The molecule has 3 aromatic rings. The van der Waals surface area contributed by atoms with Crippen LogP contribution in [0.1, 0.15) is 21.6 Å². The number of hydrogen-bond donors (Lipinski definition) is 1. The molecule has 26 heavy (non-hydrogen) atoms. The van der Waals surface area contributed by atoms with Crippen molar-refractivity contribution >= 4 is 29.3 Å². The van der Waals surface area contributed by atoms with E-state index in [9.17, 15) is 14.3 Å². The highest BCUT2D eigenvalue weighted by Crippen LogP contribution is 2.31. The van der Waals surface area contributed by atoms with Crippen LogP contribution in [-0.2, 0) is 5.75 Å². The Morgan fingerprint density at radius 2 is 1.92 bits per heavy atom. The van der Waals surface area contributed by atoms with Crippen LogP contribution in [0.4, 0.5) is 4.39 Å². The number of carboxylic acid groups (broad SMARTS) is 1. The number of aromatic nitrogens is 2. The van der Waals surface area contributed by atoms with E-state index in [0.29, 0.717) is 32.9 Å². The minimum atomic E-state index is -1.09. The molecule has 4 nitrogen and oxygen atoms in total. The van der Waals surface area contributed by atoms with Gasteiger partial charge in [0.05, 0.1) is 5.69 Å². The van der Waals surface area contributed by atoms with E-state index in [-0.39, 0.29) is 5.56 Å². The monoisotopic (exact) mass is 388 g/mol. The Morgan fingerprint density at radius 1 is 1.19 bits per heavy atom. The third kappa shape index (κ3) is 4.03. The van der Waals surface area contributed by atoms with Crippen LogP contribution >= 0.6 is 23.4 Å². The van der Waals surface area contributed by atoms with E-state index in [1.165, 1.54) is 23.9 Å². The molecule has 0 spiro atoms. The lowest BCUT2D eigenvalue weighted by Crippen LogP contribution is -2.08. The predicted octanol–water partition coefficient (Wildman–Crippen LogP) is 5.24. The number of carboxylic acids is 1. The van der Waals surface area contributed by atoms with Crippen LogP contribution in [0.5, 0.6) is 0 Å². The van der Waals surface area contributed by atoms with Gasteiger partial charge in [-0.05, 0) is 24.6 Å². The highest BCUT2D eigenvalue weighted by atomic mass is 35.5. The Kier molecular flexibility index (Phi) is 5.54. The summed E-state index contributed by atoms with van der Waals surface area (Å²) < 4.78 is 13.2. The second-order valence-corrected chi connectivity index (χ2v) is 6.88. The van der Waals surface area contributed by atoms with E-state index in [1.807, 2.05) is 30.3 Å². The van der Waals surface area contributed by atoms with Crippen molar-refractivity contribution in [3.8, 4) is 11.4 Å². The van der Waals surface area contributed by atoms with E-state index in [2.05, 4.69) is 9.97 Å². The molecule has 1 heterocycles. The summed E-state index contributed by atoms with van der Waals surface area (Å²) in [5.74, 6) is -0.681. The molecule has 1 N–H and O–H groups in total. The van der Waals surface area contributed by atoms with Gasteiger partial charge in [0.1, 0.15) is 16.4 Å². The molecule has 0 bridgehead atoms. The van der Waals surface area contributed by atoms with Gasteiger partial charge >= 0.3 is 5.97 Å². The number of carbonyl (C=O) groups is 1. The average Bonchev–Trinajstić information content (AvgIpc) is 2.61. The first-order valence-electron chi connectivity index (χ1n) is 7.70. The molecule has 0 unspecified atom stereocenters. The van der Waals surface area contributed by atoms with Gasteiger partial charge in [-0.15, -0.1) is 11.8 Å². The van der Waals surface area contributed by atoms with Crippen LogP contribution in [0.25, 0.3) is 11.4 Å². The summed E-state index contributed by atoms with van der Waals surface area (Å²) in [5.41, 5.74) is 1.95. The molecular weight excluding hydrogens is 375 g/mol. The lowest BCUT2D eigenvalue weighted by atomic mass is 10.2. The van der Waals surface area contributed by atoms with Crippen LogP contribution < -0.4 is 0 Å². The Balaban J connectivity index is 1.98. The number of aromatic carboxylic acids is 1. The van der Waals surface area contributed by atoms with Gasteiger partial charge in [0.25, 0.3) is 0 Å². The summed E-state index contributed by atoms with van der Waals surface area (Å²) in [5, 5.41) is 10.2. The zero-order valence-electron chi connectivity index (χ0n) is 13.7. The fourth-order valence-electron chi connectivity index (χ4n) is 2.40. The number of nitrogens with zero attached hydrogens (tertiary/aromatic N) is 2. The fourth-order valence-corrected chi connectivity index (χ4v) is 3.79. The molecule has 0 atom stereocenters. The van der Waals surface area contributed by atoms with Crippen molar-refractivity contribution in [2.75, 3.05) is 0 Å². The average molecular weight is 389 g/mol. The Hall–Kier alpha value is -2.44. The van der Waals surface area contributed by atoms with Gasteiger partial charge in [0, 0.05) is 16.3 Å². The van der Waals surface area contributed by atoms with Crippen LogP contribution in [-0.4, -0.2) is 21.0 Å². The molecule has 7 heteroatoms. The molecule has 0 radical (unpaired) electrons. The van der Waals surface area contributed by atoms with Crippen molar-refractivity contribution in [3.05, 3.63) is 76.2 Å². The zero-order chi connectivity index (χ0) is 18.7. The largest absolute Gasteiger partial charge is 0.478 e. The molecule has 0 aliphatic heterocycles. The molecule has 1 aromatic heterocycles. The third-order valence-electron chi connectivity index (χ3n) is 3.68. The lowest BCUT2D eigenvalue weighted by Gasteiger charge is -2.11. The Labute approximate surface area is 159 Å². The first kappa shape index (κ1) is 18.4. The number of thioether (sulfide) groups is 1. The van der Waals surface area contributed by atoms with E-state index >= 15 is 0 Å². The minimum absolute atomic E-state index is 0.0629. The minimum Gasteiger partial charge on any atom is -0.478 e. The molecule has 0 saturated heterocycles. The summed E-state index contributed by atoms with van der Waals surface area (Å²) in [4.78, 5) is 20.4. The molecule has 132 valence electrons. The van der Waals surface area contributed by atoms with Gasteiger partial charge in [-0.2, -0.15) is 0 Å². The fraction of sp³-hybridized carbons (Fsp3) is 0.105. The van der Waals surface area contributed by atoms with Crippen molar-refractivity contribution in [3.63, 3.8) is 0 Å². The highest BCUT2D eigenvalue weighted by molar-refractivity contribution is 7.98. The normalized spacial score (nSPS) is 10.7. The first-order chi connectivity index (χ1) is 12.5. The summed E-state index contributed by atoms with van der Waals surface area (Å²) in [6.45, 7) is 1.65. The molecular formula is C19H14ClFN2O2S. The number of hydrogen-bond acceptors (Lipinski definition) is 4. The van der Waals surface area contributed by atoms with Gasteiger partial charge in [-0.25, -0.2) is 19.2 Å². The van der Waals surface area contributed by atoms with Crippen molar-refractivity contribution in [2.45, 2.75) is 17.7 Å². The van der Waals surface area contributed by atoms with Crippen LogP contribution in [0.3, 0.4) is 0 Å². The molecule has 0 fully saturated rings. The molecule has 0 aliphatic carbocycles. The maximum atomic E-state index is 13.2. The van der Waals surface area contributed by atoms with Gasteiger partial charge in [0.15, 0.2) is 5.82 Å². The first-order valence-corrected chi connectivity index (χ1v) is 9.06. The number of rotatable bonds is 5. The second-order valence-electron chi connectivity index (χ2n) is 5.51. The summed E-state index contributed by atoms with van der Waals surface area (Å²) in [6.07, 6.45) is 0. The molecule has 0 aliphatic rings. The number of benzene rings is 2. The Morgan fingerprint density at radius 3 is 2.58 bits per heavy atom. The molecule has 0 amide bonds. The Bertz CT molecular complexity index is 967. The number of aryl methyl sites for hydroxylation is 1. The lowest BCUT2D eigenvalue weighted by molar-refractivity contribution is 0.0690. The molecule has 0 saturated carbocycles. The summed E-state index contributed by atoms with van der Waals surface area (Å²) >= 11 is 7.29. The van der Waals surface area contributed by atoms with Crippen molar-refractivity contribution in [2.24, 2.45) is 0 Å². The zero-order valence-corrected chi connectivity index (χ0v) is 15.3. The van der Waals surface area contributed by atoms with Crippen molar-refractivity contribution in [1.29, 1.82) is 0 Å². The van der Waals surface area contributed by atoms with Crippen molar-refractivity contribution in [1.82, 2.24) is 9.97 Å². The molecule has 2 aromatic carbocycles. The summed E-state index contributed by atoms with van der Waals surface area (Å²) in [6, 6.07) is 13.5. The van der Waals surface area contributed by atoms with E-state index < -0.39 is 11.8 Å². The number of halogens is 2. The van der Waals surface area contributed by atoms with Crippen molar-refractivity contribution < 1.29 is 14.3 Å². The summed E-state index contributed by atoms with van der Waals surface area (Å²) in [7, 11) is 0. The third-order valence-corrected chi connectivity index (χ3v) is 5.06. The van der Waals surface area contributed by atoms with Gasteiger partial charge in [0.2, 0.25) is 0 Å². The van der Waals surface area contributed by atoms with Crippen LogP contribution in [0.15, 0.2) is 53.6 Å². The van der Waals surface area contributed by atoms with E-state index in [1.54, 1.807) is 13.0 Å². The second kappa shape index (κ2) is 7.85. The van der Waals surface area contributed by atoms with Gasteiger partial charge in [-0.3, -0.25) is 0 Å². The maximum Gasteiger partial charge on any atom is 0.340 e. The maximum absolute atomic E-state index is 13.2. The van der Waals surface area contributed by atoms with Crippen LogP contribution in [0.2, 0.25) is 5.02 Å². The predicted molar refractivity (Wildman–Crippen MR) is 100 cm³/mol. The topological polar surface area (TPSA) is 63.1 Å². The highest BCUT2D eigenvalue weighted by Gasteiger charge is 2.19. The van der Waals surface area contributed by atoms with Gasteiger partial charge in [-0.1, -0.05) is 48.0 Å². The standard InChI is InChI=1S/C19H14ClFN2O2S/c1-11-16(19(24)25)18(23-17(22-11)12-5-3-2-4-6-12)26-10-13-7-8-14(21)9-15(13)20/h2-9H,10H2,1H3,(H,24,25). The van der Waals surface area contributed by atoms with E-state index in [4.69, 9.17) is 11.6 Å². The smallest absolute Gasteiger partial charge is 0.340 e. The van der Waals surface area contributed by atoms with Crippen LogP contribution in [0, 0.1) is 12.7 Å². The van der Waals surface area contributed by atoms with Gasteiger partial charge < -0.3 is 5.11 Å². The molecule has 3 rings (SSSR count).